The van der Waals surface area contributed by atoms with Crippen LogP contribution < -0.4 is 5.32 Å². The van der Waals surface area contributed by atoms with Crippen molar-refractivity contribution in [3.8, 4) is 6.07 Å². The zero-order valence-corrected chi connectivity index (χ0v) is 16.0. The Bertz CT molecular complexity index is 1120. The fourth-order valence-corrected chi connectivity index (χ4v) is 3.30. The molecule has 0 bridgehead atoms. The molecule has 2 heterocycles. The van der Waals surface area contributed by atoms with Gasteiger partial charge in [-0.05, 0) is 49.2 Å². The number of aromatic nitrogens is 2. The minimum absolute atomic E-state index is 0.322. The van der Waals surface area contributed by atoms with Crippen molar-refractivity contribution in [3.63, 3.8) is 0 Å². The zero-order valence-electron chi connectivity index (χ0n) is 15.2. The van der Waals surface area contributed by atoms with Crippen LogP contribution in [0.1, 0.15) is 46.1 Å². The van der Waals surface area contributed by atoms with Crippen molar-refractivity contribution >= 4 is 34.3 Å². The van der Waals surface area contributed by atoms with Crippen LogP contribution >= 0.6 is 11.6 Å². The number of nitrogens with zero attached hydrogens (tertiary/aromatic N) is 3. The van der Waals surface area contributed by atoms with Gasteiger partial charge in [-0.25, -0.2) is 9.78 Å². The quantitative estimate of drug-likeness (QED) is 0.646. The van der Waals surface area contributed by atoms with E-state index >= 15 is 0 Å². The lowest BCUT2D eigenvalue weighted by molar-refractivity contribution is 0.0598. The van der Waals surface area contributed by atoms with Gasteiger partial charge in [0.2, 0.25) is 0 Å². The number of rotatable bonds is 5. The van der Waals surface area contributed by atoms with Crippen molar-refractivity contribution in [2.45, 2.75) is 25.3 Å². The lowest BCUT2D eigenvalue weighted by atomic mass is 10.1. The van der Waals surface area contributed by atoms with Gasteiger partial charge in [-0.3, -0.25) is 4.98 Å². The second-order valence-corrected chi connectivity index (χ2v) is 7.12. The van der Waals surface area contributed by atoms with Crippen LogP contribution in [0.3, 0.4) is 0 Å². The predicted molar refractivity (Wildman–Crippen MR) is 106 cm³/mol. The molecule has 3 aromatic rings. The molecule has 0 unspecified atom stereocenters. The maximum atomic E-state index is 11.9. The molecule has 7 heteroatoms. The highest BCUT2D eigenvalue weighted by atomic mass is 35.5. The maximum absolute atomic E-state index is 11.9. The van der Waals surface area contributed by atoms with Gasteiger partial charge in [-0.2, -0.15) is 5.26 Å². The van der Waals surface area contributed by atoms with Crippen molar-refractivity contribution < 1.29 is 9.53 Å². The average Bonchev–Trinajstić information content (AvgIpc) is 3.56. The number of methoxy groups -OCH3 is 1. The van der Waals surface area contributed by atoms with Gasteiger partial charge in [0.05, 0.1) is 47.8 Å². The fourth-order valence-electron chi connectivity index (χ4n) is 3.13. The second kappa shape index (κ2) is 7.45. The summed E-state index contributed by atoms with van der Waals surface area (Å²) >= 11 is 6.03. The monoisotopic (exact) mass is 392 g/mol. The Kier molecular flexibility index (Phi) is 4.84. The van der Waals surface area contributed by atoms with Gasteiger partial charge in [-0.15, -0.1) is 0 Å². The number of hydrogen-bond donors (Lipinski definition) is 1. The smallest absolute Gasteiger partial charge is 0.339 e. The average molecular weight is 393 g/mol. The van der Waals surface area contributed by atoms with Crippen molar-refractivity contribution in [3.05, 3.63) is 63.9 Å². The highest BCUT2D eigenvalue weighted by Gasteiger charge is 2.30. The van der Waals surface area contributed by atoms with E-state index in [1.54, 1.807) is 36.4 Å². The summed E-state index contributed by atoms with van der Waals surface area (Å²) in [6, 6.07) is 12.7. The molecular weight excluding hydrogens is 376 g/mol. The summed E-state index contributed by atoms with van der Waals surface area (Å²) in [6.45, 7) is 0.429. The molecule has 1 aromatic carbocycles. The minimum Gasteiger partial charge on any atom is -0.465 e. The topological polar surface area (TPSA) is 87.9 Å². The number of fused-ring (bicyclic) bond motifs is 1. The second-order valence-electron chi connectivity index (χ2n) is 6.68. The molecule has 6 nitrogen and oxygen atoms in total. The van der Waals surface area contributed by atoms with Crippen molar-refractivity contribution in [1.29, 1.82) is 5.26 Å². The first kappa shape index (κ1) is 18.2. The number of carbonyl (C=O) groups is 1. The predicted octanol–water partition coefficient (Wildman–Crippen LogP) is 4.43. The Labute approximate surface area is 167 Å². The summed E-state index contributed by atoms with van der Waals surface area (Å²) in [6.07, 6.45) is 2.07. The molecule has 1 N–H and O–H groups in total. The van der Waals surface area contributed by atoms with E-state index in [2.05, 4.69) is 21.4 Å². The molecule has 0 saturated heterocycles. The highest BCUT2D eigenvalue weighted by Crippen LogP contribution is 2.40. The molecule has 2 aromatic heterocycles. The molecule has 1 saturated carbocycles. The molecule has 0 atom stereocenters. The number of carbonyl (C=O) groups excluding carboxylic acids is 1. The van der Waals surface area contributed by atoms with Gasteiger partial charge >= 0.3 is 5.97 Å². The lowest BCUT2D eigenvalue weighted by Crippen LogP contribution is -2.10. The molecule has 1 aliphatic rings. The van der Waals surface area contributed by atoms with Crippen molar-refractivity contribution in [2.75, 3.05) is 12.4 Å². The first-order chi connectivity index (χ1) is 13.6. The van der Waals surface area contributed by atoms with E-state index in [4.69, 9.17) is 16.3 Å². The Morgan fingerprint density at radius 2 is 2.11 bits per heavy atom. The number of halogens is 1. The van der Waals surface area contributed by atoms with Crippen LogP contribution in [0.4, 0.5) is 5.82 Å². The Hall–Kier alpha value is -3.17. The summed E-state index contributed by atoms with van der Waals surface area (Å²) in [5.41, 5.74) is 3.32. The number of pyridine rings is 2. The Balaban J connectivity index is 1.59. The van der Waals surface area contributed by atoms with Crippen LogP contribution in [-0.2, 0) is 11.3 Å². The van der Waals surface area contributed by atoms with Crippen LogP contribution in [-0.4, -0.2) is 23.0 Å². The number of anilines is 1. The molecule has 0 aliphatic heterocycles. The molecule has 1 aliphatic carbocycles. The molecule has 0 amide bonds. The summed E-state index contributed by atoms with van der Waals surface area (Å²) < 4.78 is 4.85. The third kappa shape index (κ3) is 3.62. The zero-order chi connectivity index (χ0) is 19.7. The number of nitriles is 1. The summed E-state index contributed by atoms with van der Waals surface area (Å²) in [4.78, 5) is 21.2. The minimum atomic E-state index is -0.359. The van der Waals surface area contributed by atoms with Crippen LogP contribution in [0, 0.1) is 11.3 Å². The third-order valence-corrected chi connectivity index (χ3v) is 4.93. The van der Waals surface area contributed by atoms with Crippen LogP contribution in [0.5, 0.6) is 0 Å². The number of nitrogens with one attached hydrogen (secondary N) is 1. The normalized spacial score (nSPS) is 13.2. The van der Waals surface area contributed by atoms with Crippen LogP contribution in [0.2, 0.25) is 5.02 Å². The summed E-state index contributed by atoms with van der Waals surface area (Å²) in [7, 11) is 1.37. The molecule has 1 fully saturated rings. The summed E-state index contributed by atoms with van der Waals surface area (Å²) in [5.74, 6) is 0.545. The largest absolute Gasteiger partial charge is 0.465 e. The van der Waals surface area contributed by atoms with Gasteiger partial charge in [0, 0.05) is 16.3 Å². The number of esters is 1. The molecule has 140 valence electrons. The van der Waals surface area contributed by atoms with Crippen molar-refractivity contribution in [1.82, 2.24) is 9.97 Å². The number of hydrogen-bond acceptors (Lipinski definition) is 6. The van der Waals surface area contributed by atoms with Gasteiger partial charge < -0.3 is 10.1 Å². The first-order valence-corrected chi connectivity index (χ1v) is 9.29. The van der Waals surface area contributed by atoms with E-state index in [0.717, 1.165) is 29.6 Å². The van der Waals surface area contributed by atoms with E-state index in [9.17, 15) is 10.1 Å². The van der Waals surface area contributed by atoms with Gasteiger partial charge in [0.1, 0.15) is 5.82 Å². The SMILES string of the molecule is COC(=O)c1ccc(CNc2cc(C#N)c3cc(Cl)ccc3n2)nc1C1CC1. The fraction of sp³-hybridized carbons (Fsp3) is 0.238. The standard InChI is InChI=1S/C21H17ClN4O2/c1-28-21(27)16-6-5-15(25-20(16)12-2-3-12)11-24-19-8-13(10-23)17-9-14(22)4-7-18(17)26-19/h4-9,12H,2-3,11H2,1H3,(H,24,26). The van der Waals surface area contributed by atoms with Crippen LogP contribution in [0.15, 0.2) is 36.4 Å². The molecule has 0 spiro atoms. The molecule has 28 heavy (non-hydrogen) atoms. The van der Waals surface area contributed by atoms with Crippen LogP contribution in [0.25, 0.3) is 10.9 Å². The van der Waals surface area contributed by atoms with E-state index in [1.165, 1.54) is 7.11 Å². The summed E-state index contributed by atoms with van der Waals surface area (Å²) in [5, 5.41) is 13.9. The molecule has 0 radical (unpaired) electrons. The van der Waals surface area contributed by atoms with Crippen molar-refractivity contribution in [2.24, 2.45) is 0 Å². The van der Waals surface area contributed by atoms with E-state index < -0.39 is 0 Å². The Morgan fingerprint density at radius 3 is 2.82 bits per heavy atom. The van der Waals surface area contributed by atoms with E-state index in [0.29, 0.717) is 39.9 Å². The lowest BCUT2D eigenvalue weighted by Gasteiger charge is -2.11. The maximum Gasteiger partial charge on any atom is 0.339 e. The number of benzene rings is 1. The highest BCUT2D eigenvalue weighted by molar-refractivity contribution is 6.31. The molecular formula is C21H17ClN4O2. The van der Waals surface area contributed by atoms with E-state index in [1.807, 2.05) is 0 Å². The van der Waals surface area contributed by atoms with Gasteiger partial charge in [-0.1, -0.05) is 11.6 Å². The number of ether oxygens (including phenoxy) is 1. The van der Waals surface area contributed by atoms with E-state index in [-0.39, 0.29) is 5.97 Å². The van der Waals surface area contributed by atoms with Gasteiger partial charge in [0.25, 0.3) is 0 Å². The molecule has 4 rings (SSSR count). The first-order valence-electron chi connectivity index (χ1n) is 8.91. The van der Waals surface area contributed by atoms with Gasteiger partial charge in [0.15, 0.2) is 0 Å². The Morgan fingerprint density at radius 1 is 1.29 bits per heavy atom. The third-order valence-electron chi connectivity index (χ3n) is 4.69.